The van der Waals surface area contributed by atoms with Gasteiger partial charge in [-0.1, -0.05) is 0 Å². The van der Waals surface area contributed by atoms with Crippen molar-refractivity contribution in [2.24, 2.45) is 5.92 Å². The Morgan fingerprint density at radius 1 is 1.23 bits per heavy atom. The van der Waals surface area contributed by atoms with E-state index in [2.05, 4.69) is 10.2 Å². The quantitative estimate of drug-likeness (QED) is 0.699. The van der Waals surface area contributed by atoms with Crippen molar-refractivity contribution in [2.75, 3.05) is 19.7 Å². The lowest BCUT2D eigenvalue weighted by Gasteiger charge is -2.42. The first-order chi connectivity index (χ1) is 10.6. The summed E-state index contributed by atoms with van der Waals surface area (Å²) in [7, 11) is 0. The molecule has 2 aliphatic carbocycles. The average Bonchev–Trinajstić information content (AvgIpc) is 3.07. The summed E-state index contributed by atoms with van der Waals surface area (Å²) in [6.07, 6.45) is 6.78. The van der Waals surface area contributed by atoms with Crippen LogP contribution in [0.3, 0.4) is 0 Å². The van der Waals surface area contributed by atoms with Crippen LogP contribution in [0.15, 0.2) is 0 Å². The molecule has 1 saturated heterocycles. The average molecular weight is 310 g/mol. The highest BCUT2D eigenvalue weighted by Crippen LogP contribution is 2.33. The number of ether oxygens (including phenoxy) is 1. The van der Waals surface area contributed by atoms with Gasteiger partial charge in [0.1, 0.15) is 0 Å². The number of carbonyl (C=O) groups excluding carboxylic acids is 1. The van der Waals surface area contributed by atoms with Crippen LogP contribution in [0.1, 0.15) is 44.9 Å². The van der Waals surface area contributed by atoms with Gasteiger partial charge in [0.05, 0.1) is 19.1 Å². The van der Waals surface area contributed by atoms with Crippen LogP contribution in [0.2, 0.25) is 0 Å². The Balaban J connectivity index is 1.37. The molecule has 6 heteroatoms. The van der Waals surface area contributed by atoms with Gasteiger partial charge >= 0.3 is 5.97 Å². The van der Waals surface area contributed by atoms with Crippen molar-refractivity contribution in [1.82, 2.24) is 10.2 Å². The van der Waals surface area contributed by atoms with Crippen LogP contribution in [0, 0.1) is 5.92 Å². The predicted octanol–water partition coefficient (Wildman–Crippen LogP) is 0.999. The maximum Gasteiger partial charge on any atom is 0.317 e. The second-order valence-corrected chi connectivity index (χ2v) is 7.00. The molecule has 0 bridgehead atoms. The Hall–Kier alpha value is -1.14. The zero-order valence-electron chi connectivity index (χ0n) is 13.0. The molecule has 0 aromatic rings. The zero-order valence-corrected chi connectivity index (χ0v) is 13.0. The van der Waals surface area contributed by atoms with Gasteiger partial charge in [-0.15, -0.1) is 0 Å². The van der Waals surface area contributed by atoms with Crippen LogP contribution in [0.5, 0.6) is 0 Å². The maximum atomic E-state index is 11.9. The minimum Gasteiger partial charge on any atom is -0.480 e. The van der Waals surface area contributed by atoms with E-state index in [0.717, 1.165) is 38.8 Å². The molecular formula is C16H26N2O4. The van der Waals surface area contributed by atoms with E-state index in [9.17, 15) is 9.59 Å². The van der Waals surface area contributed by atoms with Crippen molar-refractivity contribution in [3.8, 4) is 0 Å². The van der Waals surface area contributed by atoms with Gasteiger partial charge in [0.15, 0.2) is 0 Å². The molecule has 2 saturated carbocycles. The highest BCUT2D eigenvalue weighted by atomic mass is 16.5. The third-order valence-electron chi connectivity index (χ3n) is 4.96. The van der Waals surface area contributed by atoms with Crippen molar-refractivity contribution in [3.05, 3.63) is 0 Å². The van der Waals surface area contributed by atoms with E-state index in [1.54, 1.807) is 0 Å². The van der Waals surface area contributed by atoms with Gasteiger partial charge in [-0.05, 0) is 44.4 Å². The first-order valence-corrected chi connectivity index (χ1v) is 8.47. The van der Waals surface area contributed by atoms with Gasteiger partial charge in [-0.25, -0.2) is 0 Å². The van der Waals surface area contributed by atoms with Gasteiger partial charge in [0.25, 0.3) is 0 Å². The molecule has 0 radical (unpaired) electrons. The summed E-state index contributed by atoms with van der Waals surface area (Å²) >= 11 is 0. The Morgan fingerprint density at radius 3 is 2.59 bits per heavy atom. The molecule has 124 valence electrons. The summed E-state index contributed by atoms with van der Waals surface area (Å²) < 4.78 is 5.48. The molecule has 1 aliphatic heterocycles. The van der Waals surface area contributed by atoms with Crippen molar-refractivity contribution in [3.63, 3.8) is 0 Å². The second-order valence-electron chi connectivity index (χ2n) is 7.00. The minimum absolute atomic E-state index is 0.0716. The maximum absolute atomic E-state index is 11.9. The first kappa shape index (κ1) is 15.7. The Bertz CT molecular complexity index is 412. The molecule has 1 unspecified atom stereocenters. The topological polar surface area (TPSA) is 78.9 Å². The minimum atomic E-state index is -0.758. The van der Waals surface area contributed by atoms with Crippen LogP contribution in [-0.2, 0) is 14.3 Å². The summed E-state index contributed by atoms with van der Waals surface area (Å²) in [6, 6.07) is 0.513. The van der Waals surface area contributed by atoms with Crippen molar-refractivity contribution in [1.29, 1.82) is 0 Å². The van der Waals surface area contributed by atoms with E-state index >= 15 is 0 Å². The molecule has 6 nitrogen and oxygen atoms in total. The van der Waals surface area contributed by atoms with Gasteiger partial charge in [-0.2, -0.15) is 0 Å². The third kappa shape index (κ3) is 4.43. The number of nitrogens with one attached hydrogen (secondary N) is 1. The normalized spacial score (nSPS) is 31.0. The first-order valence-electron chi connectivity index (χ1n) is 8.47. The number of rotatable bonds is 8. The van der Waals surface area contributed by atoms with Gasteiger partial charge < -0.3 is 15.2 Å². The summed E-state index contributed by atoms with van der Waals surface area (Å²) in [5, 5.41) is 12.1. The van der Waals surface area contributed by atoms with Gasteiger partial charge in [-0.3, -0.25) is 14.5 Å². The lowest BCUT2D eigenvalue weighted by Crippen LogP contribution is -2.55. The van der Waals surface area contributed by atoms with E-state index < -0.39 is 5.97 Å². The fraction of sp³-hybridized carbons (Fsp3) is 0.875. The summed E-state index contributed by atoms with van der Waals surface area (Å²) in [5.74, 6) is 0.00125. The summed E-state index contributed by atoms with van der Waals surface area (Å²) in [6.45, 7) is 1.79. The second kappa shape index (κ2) is 6.96. The van der Waals surface area contributed by atoms with Crippen LogP contribution >= 0.6 is 0 Å². The molecular weight excluding hydrogens is 284 g/mol. The number of aliphatic carboxylic acids is 1. The van der Waals surface area contributed by atoms with E-state index in [-0.39, 0.29) is 24.6 Å². The van der Waals surface area contributed by atoms with E-state index in [0.29, 0.717) is 18.4 Å². The smallest absolute Gasteiger partial charge is 0.317 e. The van der Waals surface area contributed by atoms with Crippen LogP contribution < -0.4 is 5.32 Å². The number of nitrogens with zero attached hydrogens (tertiary/aromatic N) is 1. The van der Waals surface area contributed by atoms with Crippen LogP contribution in [-0.4, -0.2) is 59.8 Å². The van der Waals surface area contributed by atoms with Crippen molar-refractivity contribution in [2.45, 2.75) is 63.1 Å². The molecule has 2 N–H and O–H groups in total. The molecule has 3 rings (SSSR count). The lowest BCUT2D eigenvalue weighted by molar-refractivity contribution is -0.140. The molecule has 0 aromatic carbocycles. The van der Waals surface area contributed by atoms with Crippen LogP contribution in [0.4, 0.5) is 0 Å². The molecule has 3 fully saturated rings. The molecule has 1 amide bonds. The Labute approximate surface area is 131 Å². The largest absolute Gasteiger partial charge is 0.480 e. The van der Waals surface area contributed by atoms with Crippen LogP contribution in [0.25, 0.3) is 0 Å². The summed E-state index contributed by atoms with van der Waals surface area (Å²) in [4.78, 5) is 25.0. The molecule has 1 heterocycles. The lowest BCUT2D eigenvalue weighted by atomic mass is 9.85. The number of carboxylic acids is 1. The Morgan fingerprint density at radius 2 is 2.00 bits per heavy atom. The number of carbonyl (C=O) groups is 2. The zero-order chi connectivity index (χ0) is 15.5. The SMILES string of the molecule is O=C(O)CN(CC1CC1)C1CC(NC(=O)CC2CCCO2)C1. The van der Waals surface area contributed by atoms with Gasteiger partial charge in [0.2, 0.25) is 5.91 Å². The number of hydrogen-bond acceptors (Lipinski definition) is 4. The number of hydrogen-bond donors (Lipinski definition) is 2. The van der Waals surface area contributed by atoms with E-state index in [1.807, 2.05) is 0 Å². The van der Waals surface area contributed by atoms with Crippen molar-refractivity contribution < 1.29 is 19.4 Å². The van der Waals surface area contributed by atoms with Crippen molar-refractivity contribution >= 4 is 11.9 Å². The molecule has 0 aromatic heterocycles. The molecule has 22 heavy (non-hydrogen) atoms. The van der Waals surface area contributed by atoms with E-state index in [1.165, 1.54) is 12.8 Å². The van der Waals surface area contributed by atoms with Gasteiger partial charge in [0, 0.05) is 25.2 Å². The Kier molecular flexibility index (Phi) is 4.98. The molecule has 0 spiro atoms. The standard InChI is InChI=1S/C16H26N2O4/c19-15(8-14-2-1-5-22-14)17-12-6-13(7-12)18(10-16(20)21)9-11-3-4-11/h11-14H,1-10H2,(H,17,19)(H,20,21). The fourth-order valence-electron chi connectivity index (χ4n) is 3.45. The third-order valence-corrected chi connectivity index (χ3v) is 4.96. The monoisotopic (exact) mass is 310 g/mol. The summed E-state index contributed by atoms with van der Waals surface area (Å²) in [5.41, 5.74) is 0. The number of amides is 1. The fourth-order valence-corrected chi connectivity index (χ4v) is 3.45. The predicted molar refractivity (Wildman–Crippen MR) is 80.5 cm³/mol. The molecule has 1 atom stereocenters. The van der Waals surface area contributed by atoms with E-state index in [4.69, 9.17) is 9.84 Å². The molecule has 3 aliphatic rings. The number of carboxylic acid groups (broad SMARTS) is 1. The highest BCUT2D eigenvalue weighted by molar-refractivity contribution is 5.77. The highest BCUT2D eigenvalue weighted by Gasteiger charge is 2.37.